The second kappa shape index (κ2) is 7.17. The predicted molar refractivity (Wildman–Crippen MR) is 116 cm³/mol. The van der Waals surface area contributed by atoms with E-state index in [9.17, 15) is 24.6 Å². The van der Waals surface area contributed by atoms with Crippen LogP contribution in [0.1, 0.15) is 37.9 Å². The number of nitrogens with one attached hydrogen (secondary N) is 1. The molecule has 0 spiro atoms. The van der Waals surface area contributed by atoms with Crippen molar-refractivity contribution in [2.45, 2.75) is 37.9 Å². The van der Waals surface area contributed by atoms with E-state index in [1.807, 2.05) is 0 Å². The summed E-state index contributed by atoms with van der Waals surface area (Å²) < 4.78 is 0.663. The Bertz CT molecular complexity index is 1080. The van der Waals surface area contributed by atoms with Crippen molar-refractivity contribution in [1.82, 2.24) is 10.2 Å². The topological polar surface area (TPSA) is 107 Å². The van der Waals surface area contributed by atoms with E-state index in [0.29, 0.717) is 15.6 Å². The third-order valence-corrected chi connectivity index (χ3v) is 6.62. The quantitative estimate of drug-likeness (QED) is 0.575. The summed E-state index contributed by atoms with van der Waals surface area (Å²) in [6.07, 6.45) is 0. The number of aliphatic carboxylic acids is 1. The number of nitrogens with zero attached hydrogens (tertiary/aromatic N) is 1. The van der Waals surface area contributed by atoms with Crippen LogP contribution in [0.15, 0.2) is 53.0 Å². The first-order valence-electron chi connectivity index (χ1n) is 9.93. The second-order valence-electron chi connectivity index (χ2n) is 8.99. The molecule has 2 heterocycles. The molecule has 0 aromatic heterocycles. The van der Waals surface area contributed by atoms with Gasteiger partial charge in [0.15, 0.2) is 5.54 Å². The number of carbonyl (C=O) groups is 3. The number of phenols is 1. The van der Waals surface area contributed by atoms with Crippen molar-refractivity contribution in [1.29, 1.82) is 0 Å². The van der Waals surface area contributed by atoms with Gasteiger partial charge in [0.2, 0.25) is 11.8 Å². The van der Waals surface area contributed by atoms with Crippen LogP contribution in [0.3, 0.4) is 0 Å². The van der Waals surface area contributed by atoms with Crippen LogP contribution in [-0.4, -0.2) is 38.4 Å². The van der Waals surface area contributed by atoms with Crippen molar-refractivity contribution in [3.05, 3.63) is 64.1 Å². The summed E-state index contributed by atoms with van der Waals surface area (Å²) in [6.45, 7) is 5.23. The maximum Gasteiger partial charge on any atom is 0.329 e. The van der Waals surface area contributed by atoms with Gasteiger partial charge in [-0.25, -0.2) is 4.79 Å². The Hall–Kier alpha value is -2.71. The van der Waals surface area contributed by atoms with Crippen molar-refractivity contribution in [3.8, 4) is 5.75 Å². The van der Waals surface area contributed by atoms with E-state index >= 15 is 0 Å². The fraction of sp³-hybridized carbons (Fsp3) is 0.348. The third kappa shape index (κ3) is 3.08. The highest BCUT2D eigenvalue weighted by Gasteiger charge is 2.70. The van der Waals surface area contributed by atoms with Gasteiger partial charge in [0.1, 0.15) is 5.75 Å². The lowest BCUT2D eigenvalue weighted by Gasteiger charge is -2.35. The molecule has 4 atom stereocenters. The molecular weight excluding hydrogens is 464 g/mol. The zero-order valence-corrected chi connectivity index (χ0v) is 18.9. The summed E-state index contributed by atoms with van der Waals surface area (Å²) in [4.78, 5) is 41.1. The zero-order chi connectivity index (χ0) is 22.7. The number of amides is 2. The number of likely N-dealkylation sites (tertiary alicyclic amines) is 1. The normalized spacial score (nSPS) is 28.1. The summed E-state index contributed by atoms with van der Waals surface area (Å²) >= 11 is 3.37. The number of phenolic OH excluding ortho intramolecular Hbond substituents is 1. The van der Waals surface area contributed by atoms with Crippen LogP contribution < -0.4 is 5.32 Å². The smallest absolute Gasteiger partial charge is 0.329 e. The number of rotatable bonds is 3. The van der Waals surface area contributed by atoms with E-state index in [2.05, 4.69) is 21.2 Å². The Morgan fingerprint density at radius 3 is 2.32 bits per heavy atom. The highest BCUT2D eigenvalue weighted by molar-refractivity contribution is 9.10. The van der Waals surface area contributed by atoms with E-state index in [-0.39, 0.29) is 5.75 Å². The SMILES string of the molecule is CC(C)(C)N1C(=O)C2C(c3cc(Br)ccc3O)NC(C(=O)O)(c3ccccc3)C2C1=O. The number of carboxylic acid groups (broad SMARTS) is 1. The van der Waals surface area contributed by atoms with Gasteiger partial charge in [-0.2, -0.15) is 0 Å². The van der Waals surface area contributed by atoms with Crippen LogP contribution in [0, 0.1) is 11.8 Å². The van der Waals surface area contributed by atoms with E-state index in [4.69, 9.17) is 0 Å². The number of hydrogen-bond donors (Lipinski definition) is 3. The average molecular weight is 487 g/mol. The Labute approximate surface area is 188 Å². The van der Waals surface area contributed by atoms with Gasteiger partial charge in [-0.3, -0.25) is 19.8 Å². The van der Waals surface area contributed by atoms with Gasteiger partial charge < -0.3 is 10.2 Å². The minimum Gasteiger partial charge on any atom is -0.508 e. The molecule has 0 aliphatic carbocycles. The van der Waals surface area contributed by atoms with Crippen LogP contribution in [0.4, 0.5) is 0 Å². The standard InChI is InChI=1S/C23H23BrN2O5/c1-22(2,3)26-19(28)16-17(20(26)29)23(21(30)31,12-7-5-4-6-8-12)25-18(16)14-11-13(24)9-10-15(14)27/h4-11,16-18,25,27H,1-3H3,(H,30,31). The van der Waals surface area contributed by atoms with Crippen LogP contribution in [0.5, 0.6) is 5.75 Å². The first-order chi connectivity index (χ1) is 14.5. The molecule has 2 aliphatic heterocycles. The molecule has 4 unspecified atom stereocenters. The van der Waals surface area contributed by atoms with Gasteiger partial charge in [-0.1, -0.05) is 46.3 Å². The molecule has 7 nitrogen and oxygen atoms in total. The zero-order valence-electron chi connectivity index (χ0n) is 17.3. The van der Waals surface area contributed by atoms with Crippen molar-refractivity contribution in [2.75, 3.05) is 0 Å². The van der Waals surface area contributed by atoms with Crippen molar-refractivity contribution >= 4 is 33.7 Å². The lowest BCUT2D eigenvalue weighted by molar-refractivity contribution is -0.154. The minimum absolute atomic E-state index is 0.0804. The molecule has 2 amide bonds. The number of aromatic hydroxyl groups is 1. The molecule has 2 aromatic rings. The molecule has 2 fully saturated rings. The Morgan fingerprint density at radius 1 is 1.10 bits per heavy atom. The second-order valence-corrected chi connectivity index (χ2v) is 9.91. The van der Waals surface area contributed by atoms with E-state index in [1.165, 1.54) is 11.0 Å². The predicted octanol–water partition coefficient (Wildman–Crippen LogP) is 3.18. The number of benzene rings is 2. The van der Waals surface area contributed by atoms with Gasteiger partial charge in [0.25, 0.3) is 0 Å². The Kier molecular flexibility index (Phi) is 4.98. The molecule has 3 N–H and O–H groups in total. The van der Waals surface area contributed by atoms with Crippen molar-refractivity contribution in [2.24, 2.45) is 11.8 Å². The summed E-state index contributed by atoms with van der Waals surface area (Å²) in [5, 5.41) is 24.1. The van der Waals surface area contributed by atoms with Gasteiger partial charge in [0.05, 0.1) is 11.8 Å². The number of fused-ring (bicyclic) bond motifs is 1. The fourth-order valence-corrected chi connectivity index (χ4v) is 5.28. The van der Waals surface area contributed by atoms with E-state index in [0.717, 1.165) is 0 Å². The van der Waals surface area contributed by atoms with Crippen LogP contribution >= 0.6 is 15.9 Å². The molecule has 0 bridgehead atoms. The van der Waals surface area contributed by atoms with E-state index in [1.54, 1.807) is 63.2 Å². The number of carbonyl (C=O) groups excluding carboxylic acids is 2. The molecule has 2 saturated heterocycles. The molecular formula is C23H23BrN2O5. The largest absolute Gasteiger partial charge is 0.508 e. The Balaban J connectivity index is 1.99. The molecule has 8 heteroatoms. The maximum absolute atomic E-state index is 13.6. The summed E-state index contributed by atoms with van der Waals surface area (Å²) in [5.41, 5.74) is -1.90. The summed E-state index contributed by atoms with van der Waals surface area (Å²) in [5.74, 6) is -4.45. The van der Waals surface area contributed by atoms with Crippen molar-refractivity contribution < 1.29 is 24.6 Å². The highest BCUT2D eigenvalue weighted by Crippen LogP contribution is 2.55. The summed E-state index contributed by atoms with van der Waals surface area (Å²) in [6, 6.07) is 12.3. The van der Waals surface area contributed by atoms with Crippen LogP contribution in [0.2, 0.25) is 0 Å². The first kappa shape index (κ1) is 21.5. The monoisotopic (exact) mass is 486 g/mol. The van der Waals surface area contributed by atoms with E-state index < -0.39 is 46.7 Å². The van der Waals surface area contributed by atoms with Crippen LogP contribution in [-0.2, 0) is 19.9 Å². The first-order valence-corrected chi connectivity index (χ1v) is 10.7. The number of carboxylic acids is 1. The summed E-state index contributed by atoms with van der Waals surface area (Å²) in [7, 11) is 0. The number of hydrogen-bond acceptors (Lipinski definition) is 5. The molecule has 31 heavy (non-hydrogen) atoms. The lowest BCUT2D eigenvalue weighted by atomic mass is 9.75. The lowest BCUT2D eigenvalue weighted by Crippen LogP contribution is -2.55. The van der Waals surface area contributed by atoms with Gasteiger partial charge >= 0.3 is 5.97 Å². The fourth-order valence-electron chi connectivity index (χ4n) is 4.90. The van der Waals surface area contributed by atoms with Crippen molar-refractivity contribution in [3.63, 3.8) is 0 Å². The van der Waals surface area contributed by atoms with Gasteiger partial charge in [-0.05, 0) is 44.5 Å². The highest BCUT2D eigenvalue weighted by atomic mass is 79.9. The molecule has 4 rings (SSSR count). The average Bonchev–Trinajstić information content (AvgIpc) is 3.19. The van der Waals surface area contributed by atoms with Gasteiger partial charge in [0, 0.05) is 21.6 Å². The third-order valence-electron chi connectivity index (χ3n) is 6.12. The Morgan fingerprint density at radius 2 is 1.74 bits per heavy atom. The molecule has 0 radical (unpaired) electrons. The molecule has 2 aliphatic rings. The van der Waals surface area contributed by atoms with Gasteiger partial charge in [-0.15, -0.1) is 0 Å². The van der Waals surface area contributed by atoms with Crippen LogP contribution in [0.25, 0.3) is 0 Å². The molecule has 0 saturated carbocycles. The molecule has 162 valence electrons. The number of imide groups is 1. The number of halogens is 1. The maximum atomic E-state index is 13.6. The minimum atomic E-state index is -1.82. The molecule has 2 aromatic carbocycles.